The first-order valence-electron chi connectivity index (χ1n) is 7.07. The van der Waals surface area contributed by atoms with Gasteiger partial charge in [-0.05, 0) is 33.6 Å². The van der Waals surface area contributed by atoms with Crippen molar-refractivity contribution < 1.29 is 19.4 Å². The van der Waals surface area contributed by atoms with Gasteiger partial charge in [0.2, 0.25) is 0 Å². The Hall–Kier alpha value is -1.06. The Labute approximate surface area is 116 Å². The molecule has 0 saturated heterocycles. The summed E-state index contributed by atoms with van der Waals surface area (Å²) in [4.78, 5) is 23.8. The van der Waals surface area contributed by atoms with Crippen LogP contribution in [0.15, 0.2) is 0 Å². The van der Waals surface area contributed by atoms with E-state index in [1.165, 1.54) is 0 Å². The Kier molecular flexibility index (Phi) is 6.53. The first-order chi connectivity index (χ1) is 8.60. The number of hydrogen-bond donors (Lipinski definition) is 1. The molecule has 112 valence electrons. The van der Waals surface area contributed by atoms with E-state index in [2.05, 4.69) is 0 Å². The van der Waals surface area contributed by atoms with Gasteiger partial charge < -0.3 is 9.84 Å². The van der Waals surface area contributed by atoms with Gasteiger partial charge in [0, 0.05) is 0 Å². The third-order valence-corrected chi connectivity index (χ3v) is 3.62. The normalized spacial score (nSPS) is 16.5. The van der Waals surface area contributed by atoms with E-state index < -0.39 is 28.9 Å². The minimum Gasteiger partial charge on any atom is -0.481 e. The summed E-state index contributed by atoms with van der Waals surface area (Å²) in [6.45, 7) is 10.9. The van der Waals surface area contributed by atoms with Crippen molar-refractivity contribution in [3.8, 4) is 0 Å². The molecule has 0 bridgehead atoms. The summed E-state index contributed by atoms with van der Waals surface area (Å²) in [6, 6.07) is 0. The molecule has 0 aromatic heterocycles. The summed E-state index contributed by atoms with van der Waals surface area (Å²) in [5.41, 5.74) is -1.60. The summed E-state index contributed by atoms with van der Waals surface area (Å²) in [5.74, 6) is -1.96. The molecule has 0 amide bonds. The Morgan fingerprint density at radius 3 is 2.05 bits per heavy atom. The number of carbonyl (C=O) groups is 2. The second kappa shape index (κ2) is 6.92. The lowest BCUT2D eigenvalue weighted by Crippen LogP contribution is -2.43. The van der Waals surface area contributed by atoms with Crippen LogP contribution < -0.4 is 0 Å². The fraction of sp³-hybridized carbons (Fsp3) is 0.867. The fourth-order valence-corrected chi connectivity index (χ4v) is 2.25. The fourth-order valence-electron chi connectivity index (χ4n) is 2.25. The minimum absolute atomic E-state index is 0.423. The molecule has 0 aliphatic heterocycles. The Morgan fingerprint density at radius 2 is 1.74 bits per heavy atom. The molecule has 0 saturated carbocycles. The summed E-state index contributed by atoms with van der Waals surface area (Å²) < 4.78 is 5.34. The molecule has 2 unspecified atom stereocenters. The van der Waals surface area contributed by atoms with E-state index >= 15 is 0 Å². The molecular weight excluding hydrogens is 244 g/mol. The quantitative estimate of drug-likeness (QED) is 0.719. The summed E-state index contributed by atoms with van der Waals surface area (Å²) >= 11 is 0. The van der Waals surface area contributed by atoms with E-state index in [9.17, 15) is 14.7 Å². The molecule has 4 nitrogen and oxygen atoms in total. The third-order valence-electron chi connectivity index (χ3n) is 3.62. The first-order valence-corrected chi connectivity index (χ1v) is 7.07. The second-order valence-corrected chi connectivity index (χ2v) is 6.17. The Morgan fingerprint density at radius 1 is 1.21 bits per heavy atom. The van der Waals surface area contributed by atoms with Crippen LogP contribution in [0.5, 0.6) is 0 Å². The van der Waals surface area contributed by atoms with Gasteiger partial charge in [-0.15, -0.1) is 0 Å². The predicted octanol–water partition coefficient (Wildman–Crippen LogP) is 3.64. The standard InChI is InChI=1S/C15H28O4/c1-7-9-10-15(8-2,13(17)18)11(3)12(16)19-14(4,5)6/h11H,7-10H2,1-6H3,(H,17,18). The molecular formula is C15H28O4. The number of aliphatic carboxylic acids is 1. The molecule has 0 rings (SSSR count). The molecule has 0 aromatic rings. The maximum absolute atomic E-state index is 12.1. The zero-order valence-electron chi connectivity index (χ0n) is 13.1. The molecule has 0 radical (unpaired) electrons. The van der Waals surface area contributed by atoms with Crippen LogP contribution in [-0.4, -0.2) is 22.6 Å². The molecule has 0 aliphatic rings. The molecule has 0 heterocycles. The van der Waals surface area contributed by atoms with Gasteiger partial charge in [-0.2, -0.15) is 0 Å². The lowest BCUT2D eigenvalue weighted by Gasteiger charge is -2.34. The van der Waals surface area contributed by atoms with Crippen molar-refractivity contribution in [3.05, 3.63) is 0 Å². The molecule has 0 spiro atoms. The molecule has 1 N–H and O–H groups in total. The molecule has 0 fully saturated rings. The van der Waals surface area contributed by atoms with Gasteiger partial charge in [-0.25, -0.2) is 0 Å². The lowest BCUT2D eigenvalue weighted by atomic mass is 9.70. The third kappa shape index (κ3) is 4.84. The number of rotatable bonds is 7. The number of hydrogen-bond acceptors (Lipinski definition) is 3. The van der Waals surface area contributed by atoms with Crippen LogP contribution in [0.4, 0.5) is 0 Å². The lowest BCUT2D eigenvalue weighted by molar-refractivity contribution is -0.173. The largest absolute Gasteiger partial charge is 0.481 e. The van der Waals surface area contributed by atoms with E-state index in [-0.39, 0.29) is 0 Å². The number of carboxylic acid groups (broad SMARTS) is 1. The van der Waals surface area contributed by atoms with Crippen molar-refractivity contribution in [1.29, 1.82) is 0 Å². The highest BCUT2D eigenvalue weighted by Gasteiger charge is 2.46. The Bertz CT molecular complexity index is 317. The van der Waals surface area contributed by atoms with Gasteiger partial charge in [-0.1, -0.05) is 33.6 Å². The van der Waals surface area contributed by atoms with Gasteiger partial charge in [0.15, 0.2) is 0 Å². The number of unbranched alkanes of at least 4 members (excludes halogenated alkanes) is 1. The van der Waals surface area contributed by atoms with Gasteiger partial charge in [0.25, 0.3) is 0 Å². The van der Waals surface area contributed by atoms with Gasteiger partial charge in [0.05, 0.1) is 11.3 Å². The topological polar surface area (TPSA) is 63.6 Å². The monoisotopic (exact) mass is 272 g/mol. The average Bonchev–Trinajstić information content (AvgIpc) is 2.27. The van der Waals surface area contributed by atoms with E-state index in [1.54, 1.807) is 27.7 Å². The highest BCUT2D eigenvalue weighted by molar-refractivity contribution is 5.84. The van der Waals surface area contributed by atoms with Crippen LogP contribution in [-0.2, 0) is 14.3 Å². The van der Waals surface area contributed by atoms with Gasteiger partial charge in [-0.3, -0.25) is 9.59 Å². The molecule has 2 atom stereocenters. The smallest absolute Gasteiger partial charge is 0.310 e. The van der Waals surface area contributed by atoms with Crippen molar-refractivity contribution in [1.82, 2.24) is 0 Å². The van der Waals surface area contributed by atoms with Crippen LogP contribution in [0.3, 0.4) is 0 Å². The van der Waals surface area contributed by atoms with E-state index in [4.69, 9.17) is 4.74 Å². The summed E-state index contributed by atoms with van der Waals surface area (Å²) in [6.07, 6.45) is 2.65. The summed E-state index contributed by atoms with van der Waals surface area (Å²) in [7, 11) is 0. The second-order valence-electron chi connectivity index (χ2n) is 6.17. The van der Waals surface area contributed by atoms with Crippen LogP contribution in [0.1, 0.15) is 67.2 Å². The van der Waals surface area contributed by atoms with E-state index in [0.29, 0.717) is 12.8 Å². The van der Waals surface area contributed by atoms with Gasteiger partial charge in [0.1, 0.15) is 5.60 Å². The Balaban J connectivity index is 5.14. The minimum atomic E-state index is -1.02. The van der Waals surface area contributed by atoms with Crippen LogP contribution >= 0.6 is 0 Å². The highest BCUT2D eigenvalue weighted by atomic mass is 16.6. The van der Waals surface area contributed by atoms with Crippen LogP contribution in [0.2, 0.25) is 0 Å². The van der Waals surface area contributed by atoms with Crippen molar-refractivity contribution in [2.45, 2.75) is 72.8 Å². The molecule has 19 heavy (non-hydrogen) atoms. The maximum Gasteiger partial charge on any atom is 0.310 e. The van der Waals surface area contributed by atoms with E-state index in [0.717, 1.165) is 12.8 Å². The SMILES string of the molecule is CCCCC(CC)(C(=O)O)C(C)C(=O)OC(C)(C)C. The van der Waals surface area contributed by atoms with Crippen LogP contribution in [0, 0.1) is 11.3 Å². The van der Waals surface area contributed by atoms with Crippen molar-refractivity contribution in [2.24, 2.45) is 11.3 Å². The zero-order chi connectivity index (χ0) is 15.3. The molecule has 4 heteroatoms. The van der Waals surface area contributed by atoms with Crippen molar-refractivity contribution >= 4 is 11.9 Å². The first kappa shape index (κ1) is 17.9. The van der Waals surface area contributed by atoms with Crippen LogP contribution in [0.25, 0.3) is 0 Å². The van der Waals surface area contributed by atoms with Crippen molar-refractivity contribution in [3.63, 3.8) is 0 Å². The maximum atomic E-state index is 12.1. The number of carbonyl (C=O) groups excluding carboxylic acids is 1. The molecule has 0 aromatic carbocycles. The van der Waals surface area contributed by atoms with E-state index in [1.807, 2.05) is 13.8 Å². The highest BCUT2D eigenvalue weighted by Crippen LogP contribution is 2.38. The number of esters is 1. The summed E-state index contributed by atoms with van der Waals surface area (Å²) in [5, 5.41) is 9.56. The zero-order valence-corrected chi connectivity index (χ0v) is 13.1. The molecule has 0 aliphatic carbocycles. The predicted molar refractivity (Wildman–Crippen MR) is 74.9 cm³/mol. The number of ether oxygens (including phenoxy) is 1. The van der Waals surface area contributed by atoms with Crippen molar-refractivity contribution in [2.75, 3.05) is 0 Å². The number of carboxylic acids is 1. The average molecular weight is 272 g/mol. The van der Waals surface area contributed by atoms with Gasteiger partial charge >= 0.3 is 11.9 Å².